The monoisotopic (exact) mass is 631 g/mol. The van der Waals surface area contributed by atoms with Crippen LogP contribution in [0.5, 0.6) is 0 Å². The minimum absolute atomic E-state index is 0.00757. The lowest BCUT2D eigenvalue weighted by molar-refractivity contribution is -0.140. The number of sulfonamides is 1. The normalized spacial score (nSPS) is 12.0. The first-order valence-corrected chi connectivity index (χ1v) is 16.3. The van der Waals surface area contributed by atoms with Gasteiger partial charge in [0.25, 0.3) is 10.0 Å². The van der Waals surface area contributed by atoms with Crippen LogP contribution in [0.4, 0.5) is 5.69 Å². The highest BCUT2D eigenvalue weighted by Crippen LogP contribution is 2.29. The highest BCUT2D eigenvalue weighted by molar-refractivity contribution is 7.92. The molecular formula is C35H38ClN3O4S. The smallest absolute Gasteiger partial charge is 0.264 e. The number of rotatable bonds is 12. The lowest BCUT2D eigenvalue weighted by Crippen LogP contribution is -2.54. The van der Waals surface area contributed by atoms with E-state index < -0.39 is 28.5 Å². The van der Waals surface area contributed by atoms with Gasteiger partial charge in [-0.25, -0.2) is 8.42 Å². The maximum absolute atomic E-state index is 14.5. The number of carbonyl (C=O) groups is 2. The molecule has 0 bridgehead atoms. The van der Waals surface area contributed by atoms with Gasteiger partial charge in [0.2, 0.25) is 11.8 Å². The summed E-state index contributed by atoms with van der Waals surface area (Å²) in [4.78, 5) is 29.8. The number of amides is 2. The van der Waals surface area contributed by atoms with Crippen LogP contribution in [0.1, 0.15) is 36.1 Å². The van der Waals surface area contributed by atoms with Gasteiger partial charge in [0.05, 0.1) is 10.6 Å². The number of hydrogen-bond donors (Lipinski definition) is 1. The Balaban J connectivity index is 1.83. The molecule has 0 aromatic heterocycles. The number of carbonyl (C=O) groups excluding carboxylic acids is 2. The fraction of sp³-hybridized carbons (Fsp3) is 0.257. The van der Waals surface area contributed by atoms with Crippen LogP contribution in [-0.4, -0.2) is 43.8 Å². The van der Waals surface area contributed by atoms with E-state index in [1.54, 1.807) is 42.5 Å². The number of halogens is 1. The standard InChI is InChI=1S/C35H38ClN3O4S/c1-25(2)37-35(41)33(22-28-13-7-5-8-14-28)38(23-29-15-11-12-18-31(29)36)34(40)24-39(32-20-19-26(3)21-27(32)4)44(42,43)30-16-9-6-10-17-30/h5-21,25,33H,22-24H2,1-4H3,(H,37,41). The Kier molecular flexibility index (Phi) is 10.8. The van der Waals surface area contributed by atoms with E-state index in [1.807, 2.05) is 76.2 Å². The SMILES string of the molecule is Cc1ccc(N(CC(=O)N(Cc2ccccc2Cl)C(Cc2ccccc2)C(=O)NC(C)C)S(=O)(=O)c2ccccc2)c(C)c1. The van der Waals surface area contributed by atoms with Gasteiger partial charge < -0.3 is 10.2 Å². The minimum Gasteiger partial charge on any atom is -0.352 e. The second-order valence-electron chi connectivity index (χ2n) is 11.1. The van der Waals surface area contributed by atoms with Gasteiger partial charge >= 0.3 is 0 Å². The van der Waals surface area contributed by atoms with Crippen LogP contribution < -0.4 is 9.62 Å². The maximum atomic E-state index is 14.5. The van der Waals surface area contributed by atoms with Crippen LogP contribution in [0.3, 0.4) is 0 Å². The molecule has 4 aromatic carbocycles. The number of anilines is 1. The average Bonchev–Trinajstić information content (AvgIpc) is 2.99. The van der Waals surface area contributed by atoms with E-state index in [9.17, 15) is 18.0 Å². The van der Waals surface area contributed by atoms with Crippen molar-refractivity contribution >= 4 is 39.1 Å². The summed E-state index contributed by atoms with van der Waals surface area (Å²) in [5, 5.41) is 3.40. The second-order valence-corrected chi connectivity index (χ2v) is 13.4. The van der Waals surface area contributed by atoms with E-state index in [2.05, 4.69) is 5.32 Å². The third-order valence-electron chi connectivity index (χ3n) is 7.23. The van der Waals surface area contributed by atoms with E-state index in [1.165, 1.54) is 17.0 Å². The van der Waals surface area contributed by atoms with Gasteiger partial charge in [0.15, 0.2) is 0 Å². The van der Waals surface area contributed by atoms with Crippen molar-refractivity contribution in [3.63, 3.8) is 0 Å². The zero-order valence-electron chi connectivity index (χ0n) is 25.4. The fourth-order valence-corrected chi connectivity index (χ4v) is 6.76. The van der Waals surface area contributed by atoms with Gasteiger partial charge in [-0.1, -0.05) is 96.0 Å². The Bertz CT molecular complexity index is 1700. The Labute approximate surface area is 265 Å². The molecule has 0 fully saturated rings. The van der Waals surface area contributed by atoms with E-state index in [0.717, 1.165) is 15.4 Å². The summed E-state index contributed by atoms with van der Waals surface area (Å²) in [6.45, 7) is 6.93. The molecule has 4 aromatic rings. The van der Waals surface area contributed by atoms with Gasteiger partial charge in [-0.15, -0.1) is 0 Å². The van der Waals surface area contributed by atoms with E-state index in [-0.39, 0.29) is 29.8 Å². The molecule has 0 saturated carbocycles. The third kappa shape index (κ3) is 8.07. The second kappa shape index (κ2) is 14.6. The topological polar surface area (TPSA) is 86.8 Å². The molecule has 7 nitrogen and oxygen atoms in total. The molecular weight excluding hydrogens is 594 g/mol. The van der Waals surface area contributed by atoms with Gasteiger partial charge in [-0.3, -0.25) is 13.9 Å². The lowest BCUT2D eigenvalue weighted by Gasteiger charge is -2.34. The van der Waals surface area contributed by atoms with Gasteiger partial charge in [0, 0.05) is 24.0 Å². The first-order valence-electron chi connectivity index (χ1n) is 14.5. The Hall–Kier alpha value is -4.14. The van der Waals surface area contributed by atoms with Crippen molar-refractivity contribution in [3.05, 3.63) is 130 Å². The molecule has 0 radical (unpaired) electrons. The minimum atomic E-state index is -4.16. The van der Waals surface area contributed by atoms with Crippen LogP contribution in [0.15, 0.2) is 108 Å². The van der Waals surface area contributed by atoms with Crippen LogP contribution in [-0.2, 0) is 32.6 Å². The first-order chi connectivity index (χ1) is 21.0. The number of nitrogens with zero attached hydrogens (tertiary/aromatic N) is 2. The summed E-state index contributed by atoms with van der Waals surface area (Å²) >= 11 is 6.55. The van der Waals surface area contributed by atoms with Crippen molar-refractivity contribution in [2.45, 2.75) is 57.6 Å². The van der Waals surface area contributed by atoms with Crippen molar-refractivity contribution < 1.29 is 18.0 Å². The van der Waals surface area contributed by atoms with Crippen molar-refractivity contribution in [2.75, 3.05) is 10.8 Å². The number of hydrogen-bond acceptors (Lipinski definition) is 4. The zero-order chi connectivity index (χ0) is 31.9. The summed E-state index contributed by atoms with van der Waals surface area (Å²) in [7, 11) is -4.16. The van der Waals surface area contributed by atoms with Gasteiger partial charge in [-0.2, -0.15) is 0 Å². The molecule has 44 heavy (non-hydrogen) atoms. The lowest BCUT2D eigenvalue weighted by atomic mass is 10.0. The number of benzene rings is 4. The van der Waals surface area contributed by atoms with Crippen LogP contribution in [0, 0.1) is 13.8 Å². The summed E-state index contributed by atoms with van der Waals surface area (Å²) in [6, 6.07) is 28.9. The highest BCUT2D eigenvalue weighted by atomic mass is 35.5. The molecule has 230 valence electrons. The predicted octanol–water partition coefficient (Wildman–Crippen LogP) is 6.32. The zero-order valence-corrected chi connectivity index (χ0v) is 27.0. The molecule has 0 aliphatic heterocycles. The molecule has 0 saturated heterocycles. The van der Waals surface area contributed by atoms with E-state index >= 15 is 0 Å². The molecule has 0 heterocycles. The molecule has 0 spiro atoms. The molecule has 1 atom stereocenters. The predicted molar refractivity (Wildman–Crippen MR) is 176 cm³/mol. The molecule has 0 aliphatic rings. The summed E-state index contributed by atoms with van der Waals surface area (Å²) in [6.07, 6.45) is 0.227. The fourth-order valence-electron chi connectivity index (χ4n) is 5.06. The summed E-state index contributed by atoms with van der Waals surface area (Å²) in [5.41, 5.74) is 3.55. The molecule has 4 rings (SSSR count). The molecule has 1 unspecified atom stereocenters. The molecule has 1 N–H and O–H groups in total. The maximum Gasteiger partial charge on any atom is 0.264 e. The molecule has 2 amide bonds. The van der Waals surface area contributed by atoms with Crippen LogP contribution >= 0.6 is 11.6 Å². The van der Waals surface area contributed by atoms with Crippen molar-refractivity contribution in [3.8, 4) is 0 Å². The van der Waals surface area contributed by atoms with Crippen molar-refractivity contribution in [2.24, 2.45) is 0 Å². The highest BCUT2D eigenvalue weighted by Gasteiger charge is 2.35. The van der Waals surface area contributed by atoms with Crippen LogP contribution in [0.2, 0.25) is 5.02 Å². The number of aryl methyl sites for hydroxylation is 2. The van der Waals surface area contributed by atoms with Gasteiger partial charge in [0.1, 0.15) is 12.6 Å². The van der Waals surface area contributed by atoms with Crippen LogP contribution in [0.25, 0.3) is 0 Å². The number of nitrogens with one attached hydrogen (secondary N) is 1. The Morgan fingerprint density at radius 3 is 2.07 bits per heavy atom. The quantitative estimate of drug-likeness (QED) is 0.198. The van der Waals surface area contributed by atoms with E-state index in [4.69, 9.17) is 11.6 Å². The summed E-state index contributed by atoms with van der Waals surface area (Å²) < 4.78 is 29.4. The molecule has 9 heteroatoms. The largest absolute Gasteiger partial charge is 0.352 e. The Morgan fingerprint density at radius 2 is 1.45 bits per heavy atom. The van der Waals surface area contributed by atoms with E-state index in [0.29, 0.717) is 21.8 Å². The first kappa shape index (κ1) is 32.8. The third-order valence-corrected chi connectivity index (χ3v) is 9.37. The van der Waals surface area contributed by atoms with Crippen molar-refractivity contribution in [1.82, 2.24) is 10.2 Å². The van der Waals surface area contributed by atoms with Crippen molar-refractivity contribution in [1.29, 1.82) is 0 Å². The molecule has 0 aliphatic carbocycles. The van der Waals surface area contributed by atoms with Gasteiger partial charge in [-0.05, 0) is 68.7 Å². The average molecular weight is 632 g/mol. The summed E-state index contributed by atoms with van der Waals surface area (Å²) in [5.74, 6) is -0.877. The Morgan fingerprint density at radius 1 is 0.841 bits per heavy atom.